The molecule has 5 rings (SSSR count). The van der Waals surface area contributed by atoms with Crippen molar-refractivity contribution in [3.8, 4) is 5.75 Å². The van der Waals surface area contributed by atoms with Crippen LogP contribution in [-0.4, -0.2) is 24.7 Å². The van der Waals surface area contributed by atoms with Crippen molar-refractivity contribution in [3.05, 3.63) is 137 Å². The van der Waals surface area contributed by atoms with Crippen LogP contribution < -0.4 is 10.1 Å². The minimum Gasteiger partial charge on any atom is -0.497 e. The Morgan fingerprint density at radius 2 is 1.47 bits per heavy atom. The largest absolute Gasteiger partial charge is 0.497 e. The highest BCUT2D eigenvalue weighted by atomic mass is 16.5. The normalized spacial score (nSPS) is 16.2. The number of aryl methyl sites for hydroxylation is 1. The molecular weight excluding hydrogens is 464 g/mol. The number of ether oxygens (including phenoxy) is 1. The summed E-state index contributed by atoms with van der Waals surface area (Å²) in [7, 11) is 1.75. The maximum Gasteiger partial charge on any atom is 0.119 e. The van der Waals surface area contributed by atoms with Gasteiger partial charge in [0.15, 0.2) is 0 Å². The van der Waals surface area contributed by atoms with E-state index < -0.39 is 5.54 Å². The second-order valence-corrected chi connectivity index (χ2v) is 10.4. The molecule has 4 aromatic rings. The zero-order valence-electron chi connectivity index (χ0n) is 22.9. The van der Waals surface area contributed by atoms with Crippen LogP contribution >= 0.6 is 0 Å². The molecule has 0 aliphatic heterocycles. The summed E-state index contributed by atoms with van der Waals surface area (Å²) in [5.41, 5.74) is 6.15. The van der Waals surface area contributed by atoms with Crippen LogP contribution in [0, 0.1) is 0 Å². The number of benzene rings is 4. The highest BCUT2D eigenvalue weighted by molar-refractivity contribution is 5.51. The summed E-state index contributed by atoms with van der Waals surface area (Å²) in [6.07, 6.45) is 4.69. The Labute approximate surface area is 228 Å². The highest BCUT2D eigenvalue weighted by Gasteiger charge is 2.44. The quantitative estimate of drug-likeness (QED) is 0.177. The lowest BCUT2D eigenvalue weighted by atomic mass is 9.75. The van der Waals surface area contributed by atoms with Crippen LogP contribution in [0.25, 0.3) is 0 Å². The molecule has 196 valence electrons. The maximum atomic E-state index is 5.75. The Hall–Kier alpha value is -3.40. The molecule has 2 atom stereocenters. The summed E-state index contributed by atoms with van der Waals surface area (Å²) in [5, 5.41) is 4.10. The third kappa shape index (κ3) is 5.01. The Morgan fingerprint density at radius 1 is 0.842 bits per heavy atom. The Balaban J connectivity index is 1.69. The lowest BCUT2D eigenvalue weighted by molar-refractivity contribution is 0.0769. The van der Waals surface area contributed by atoms with Crippen LogP contribution in [0.2, 0.25) is 0 Å². The van der Waals surface area contributed by atoms with E-state index >= 15 is 0 Å². The molecule has 4 aromatic carbocycles. The van der Waals surface area contributed by atoms with E-state index in [0.29, 0.717) is 6.04 Å². The topological polar surface area (TPSA) is 24.5 Å². The molecule has 0 saturated carbocycles. The van der Waals surface area contributed by atoms with Gasteiger partial charge < -0.3 is 4.74 Å². The van der Waals surface area contributed by atoms with Crippen LogP contribution in [0.15, 0.2) is 109 Å². The standard InChI is InChI=1S/C35H40N2O/c1-4-25-37(27(2)36-34-24-13-16-28-15-11-12-23-33(28)34)35(29-17-7-5-8-18-29,30-19-9-6-10-20-30)31-21-14-22-32(26-31)38-3/h5-12,14-15,17-23,26-27,34,36H,4,13,16,24-25H2,1-3H3. The first kappa shape index (κ1) is 26.2. The van der Waals surface area contributed by atoms with Crippen LogP contribution in [0.5, 0.6) is 5.75 Å². The summed E-state index contributed by atoms with van der Waals surface area (Å²) >= 11 is 0. The molecule has 0 amide bonds. The summed E-state index contributed by atoms with van der Waals surface area (Å²) in [4.78, 5) is 2.67. The number of nitrogens with one attached hydrogen (secondary N) is 1. The van der Waals surface area contributed by atoms with E-state index in [0.717, 1.165) is 25.1 Å². The number of fused-ring (bicyclic) bond motifs is 1. The average molecular weight is 505 g/mol. The van der Waals surface area contributed by atoms with Gasteiger partial charge in [0.25, 0.3) is 0 Å². The van der Waals surface area contributed by atoms with Crippen molar-refractivity contribution in [2.24, 2.45) is 0 Å². The molecule has 38 heavy (non-hydrogen) atoms. The second-order valence-electron chi connectivity index (χ2n) is 10.4. The molecule has 3 heteroatoms. The fourth-order valence-corrected chi connectivity index (χ4v) is 6.41. The van der Waals surface area contributed by atoms with Gasteiger partial charge in [0.1, 0.15) is 5.75 Å². The Bertz CT molecular complexity index is 1260. The van der Waals surface area contributed by atoms with E-state index in [2.05, 4.69) is 127 Å². The average Bonchev–Trinajstić information content (AvgIpc) is 2.98. The summed E-state index contributed by atoms with van der Waals surface area (Å²) in [6.45, 7) is 5.55. The number of hydrogen-bond acceptors (Lipinski definition) is 3. The van der Waals surface area contributed by atoms with Crippen LogP contribution in [0.4, 0.5) is 0 Å². The van der Waals surface area contributed by atoms with Gasteiger partial charge in [-0.3, -0.25) is 10.2 Å². The molecular formula is C35H40N2O. The van der Waals surface area contributed by atoms with Gasteiger partial charge in [-0.15, -0.1) is 0 Å². The van der Waals surface area contributed by atoms with Crippen LogP contribution in [0.3, 0.4) is 0 Å². The molecule has 0 bridgehead atoms. The van der Waals surface area contributed by atoms with Gasteiger partial charge in [-0.2, -0.15) is 0 Å². The smallest absolute Gasteiger partial charge is 0.119 e. The fraction of sp³-hybridized carbons (Fsp3) is 0.314. The van der Waals surface area contributed by atoms with Crippen LogP contribution in [-0.2, 0) is 12.0 Å². The summed E-state index contributed by atoms with van der Waals surface area (Å²) in [6, 6.07) is 39.9. The molecule has 3 nitrogen and oxygen atoms in total. The predicted octanol–water partition coefficient (Wildman–Crippen LogP) is 7.71. The van der Waals surface area contributed by atoms with Gasteiger partial charge >= 0.3 is 0 Å². The minimum absolute atomic E-state index is 0.109. The first-order valence-corrected chi connectivity index (χ1v) is 14.0. The molecule has 0 saturated heterocycles. The van der Waals surface area contributed by atoms with Crippen molar-refractivity contribution in [2.75, 3.05) is 13.7 Å². The minimum atomic E-state index is -0.506. The van der Waals surface area contributed by atoms with Gasteiger partial charge in [0, 0.05) is 12.6 Å². The zero-order chi connectivity index (χ0) is 26.4. The molecule has 0 aromatic heterocycles. The van der Waals surface area contributed by atoms with Crippen molar-refractivity contribution in [3.63, 3.8) is 0 Å². The molecule has 0 fully saturated rings. The first-order chi connectivity index (χ1) is 18.7. The Kier molecular flexibility index (Phi) is 8.26. The van der Waals surface area contributed by atoms with E-state index in [1.807, 2.05) is 6.07 Å². The van der Waals surface area contributed by atoms with Crippen molar-refractivity contribution in [1.82, 2.24) is 10.2 Å². The van der Waals surface area contributed by atoms with Crippen molar-refractivity contribution in [1.29, 1.82) is 0 Å². The van der Waals surface area contributed by atoms with Gasteiger partial charge in [-0.1, -0.05) is 104 Å². The van der Waals surface area contributed by atoms with E-state index in [1.165, 1.54) is 40.7 Å². The van der Waals surface area contributed by atoms with Crippen molar-refractivity contribution < 1.29 is 4.74 Å². The SMILES string of the molecule is CCCN(C(C)NC1CCCc2ccccc21)C(c1ccccc1)(c1ccccc1)c1cccc(OC)c1. The molecule has 0 spiro atoms. The van der Waals surface area contributed by atoms with E-state index in [4.69, 9.17) is 4.74 Å². The molecule has 1 aliphatic carbocycles. The lowest BCUT2D eigenvalue weighted by Crippen LogP contribution is -2.57. The lowest BCUT2D eigenvalue weighted by Gasteiger charge is -2.49. The third-order valence-electron chi connectivity index (χ3n) is 8.05. The molecule has 0 heterocycles. The number of hydrogen-bond donors (Lipinski definition) is 1. The summed E-state index contributed by atoms with van der Waals surface area (Å²) < 4.78 is 5.75. The number of methoxy groups -OCH3 is 1. The van der Waals surface area contributed by atoms with Gasteiger partial charge in [-0.25, -0.2) is 0 Å². The monoisotopic (exact) mass is 504 g/mol. The molecule has 1 aliphatic rings. The number of nitrogens with zero attached hydrogens (tertiary/aromatic N) is 1. The zero-order valence-corrected chi connectivity index (χ0v) is 22.9. The third-order valence-corrected chi connectivity index (χ3v) is 8.05. The molecule has 0 radical (unpaired) electrons. The van der Waals surface area contributed by atoms with Gasteiger partial charge in [0.05, 0.1) is 18.8 Å². The van der Waals surface area contributed by atoms with E-state index in [9.17, 15) is 0 Å². The fourth-order valence-electron chi connectivity index (χ4n) is 6.41. The van der Waals surface area contributed by atoms with Gasteiger partial charge in [0.2, 0.25) is 0 Å². The second kappa shape index (κ2) is 12.0. The van der Waals surface area contributed by atoms with Gasteiger partial charge in [-0.05, 0) is 72.6 Å². The molecule has 2 unspecified atom stereocenters. The maximum absolute atomic E-state index is 5.75. The van der Waals surface area contributed by atoms with E-state index in [1.54, 1.807) is 7.11 Å². The summed E-state index contributed by atoms with van der Waals surface area (Å²) in [5.74, 6) is 0.872. The van der Waals surface area contributed by atoms with E-state index in [-0.39, 0.29) is 6.17 Å². The Morgan fingerprint density at radius 3 is 2.13 bits per heavy atom. The predicted molar refractivity (Wildman–Crippen MR) is 157 cm³/mol. The van der Waals surface area contributed by atoms with Crippen LogP contribution in [0.1, 0.15) is 67.0 Å². The first-order valence-electron chi connectivity index (χ1n) is 14.0. The van der Waals surface area contributed by atoms with Crippen molar-refractivity contribution >= 4 is 0 Å². The number of rotatable bonds is 10. The van der Waals surface area contributed by atoms with Crippen molar-refractivity contribution in [2.45, 2.75) is 57.3 Å². The molecule has 1 N–H and O–H groups in total. The highest BCUT2D eigenvalue weighted by Crippen LogP contribution is 2.44.